The van der Waals surface area contributed by atoms with Crippen LogP contribution in [0.25, 0.3) is 0 Å². The monoisotopic (exact) mass is 293 g/mol. The normalized spacial score (nSPS) is 13.3. The highest BCUT2D eigenvalue weighted by Gasteiger charge is 2.14. The molecule has 120 valence electrons. The van der Waals surface area contributed by atoms with E-state index in [-0.39, 0.29) is 5.54 Å². The quantitative estimate of drug-likeness (QED) is 0.672. The van der Waals surface area contributed by atoms with Crippen LogP contribution < -0.4 is 5.32 Å². The number of rotatable bonds is 10. The molecule has 0 amide bonds. The van der Waals surface area contributed by atoms with Crippen LogP contribution in [0.3, 0.4) is 0 Å². The Morgan fingerprint density at radius 3 is 2.38 bits per heavy atom. The van der Waals surface area contributed by atoms with E-state index in [9.17, 15) is 0 Å². The maximum atomic E-state index is 5.62. The zero-order chi connectivity index (χ0) is 15.6. The number of ether oxygens (including phenoxy) is 2. The van der Waals surface area contributed by atoms with Crippen molar-refractivity contribution in [2.45, 2.75) is 39.2 Å². The lowest BCUT2D eigenvalue weighted by atomic mass is 9.95. The maximum absolute atomic E-state index is 5.62. The molecule has 0 saturated carbocycles. The molecule has 1 aromatic rings. The number of nitrogens with one attached hydrogen (secondary N) is 1. The van der Waals surface area contributed by atoms with Crippen LogP contribution in [0.15, 0.2) is 30.3 Å². The van der Waals surface area contributed by atoms with Crippen LogP contribution in [0.2, 0.25) is 0 Å². The van der Waals surface area contributed by atoms with Gasteiger partial charge < -0.3 is 14.8 Å². The number of hydrogen-bond donors (Lipinski definition) is 1. The summed E-state index contributed by atoms with van der Waals surface area (Å²) >= 11 is 0. The van der Waals surface area contributed by atoms with Gasteiger partial charge in [-0.15, -0.1) is 0 Å². The van der Waals surface area contributed by atoms with Crippen molar-refractivity contribution in [1.82, 2.24) is 5.32 Å². The fourth-order valence-corrected chi connectivity index (χ4v) is 2.17. The van der Waals surface area contributed by atoms with Crippen molar-refractivity contribution in [3.8, 4) is 0 Å². The average Bonchev–Trinajstić information content (AvgIpc) is 2.44. The second-order valence-electron chi connectivity index (χ2n) is 6.58. The van der Waals surface area contributed by atoms with Gasteiger partial charge in [0.25, 0.3) is 0 Å². The van der Waals surface area contributed by atoms with Crippen molar-refractivity contribution in [1.29, 1.82) is 0 Å². The first-order valence-corrected chi connectivity index (χ1v) is 7.87. The maximum Gasteiger partial charge on any atom is 0.0700 e. The molecule has 0 aliphatic rings. The predicted octanol–water partition coefficient (Wildman–Crippen LogP) is 3.29. The summed E-state index contributed by atoms with van der Waals surface area (Å²) in [6.07, 6.45) is 2.17. The van der Waals surface area contributed by atoms with Crippen molar-refractivity contribution >= 4 is 0 Å². The fraction of sp³-hybridized carbons (Fsp3) is 0.667. The van der Waals surface area contributed by atoms with E-state index in [2.05, 4.69) is 56.4 Å². The summed E-state index contributed by atoms with van der Waals surface area (Å²) in [5.41, 5.74) is 1.56. The standard InChI is InChI=1S/C18H31NO2/c1-18(2,3)19-15-17(10-11-21-13-12-20-4)14-16-8-6-5-7-9-16/h5-9,17,19H,10-15H2,1-4H3. The van der Waals surface area contributed by atoms with E-state index >= 15 is 0 Å². The second kappa shape index (κ2) is 9.93. The largest absolute Gasteiger partial charge is 0.382 e. The molecule has 1 atom stereocenters. The predicted molar refractivity (Wildman–Crippen MR) is 88.7 cm³/mol. The summed E-state index contributed by atoms with van der Waals surface area (Å²) in [7, 11) is 1.70. The van der Waals surface area contributed by atoms with Crippen molar-refractivity contribution in [2.75, 3.05) is 33.5 Å². The van der Waals surface area contributed by atoms with Gasteiger partial charge in [0, 0.05) is 19.3 Å². The number of benzene rings is 1. The van der Waals surface area contributed by atoms with Crippen molar-refractivity contribution < 1.29 is 9.47 Å². The molecule has 0 saturated heterocycles. The fourth-order valence-electron chi connectivity index (χ4n) is 2.17. The van der Waals surface area contributed by atoms with E-state index < -0.39 is 0 Å². The Bertz CT molecular complexity index is 359. The van der Waals surface area contributed by atoms with Gasteiger partial charge in [-0.1, -0.05) is 30.3 Å². The minimum Gasteiger partial charge on any atom is -0.382 e. The molecule has 0 aliphatic carbocycles. The van der Waals surface area contributed by atoms with Crippen LogP contribution in [-0.4, -0.2) is 39.0 Å². The molecule has 0 heterocycles. The molecular formula is C18H31NO2. The Hall–Kier alpha value is -0.900. The third-order valence-corrected chi connectivity index (χ3v) is 3.39. The third-order valence-electron chi connectivity index (χ3n) is 3.39. The molecular weight excluding hydrogens is 262 g/mol. The van der Waals surface area contributed by atoms with E-state index in [1.54, 1.807) is 7.11 Å². The highest BCUT2D eigenvalue weighted by Crippen LogP contribution is 2.13. The molecule has 3 nitrogen and oxygen atoms in total. The molecule has 3 heteroatoms. The summed E-state index contributed by atoms with van der Waals surface area (Å²) in [6, 6.07) is 10.7. The molecule has 1 aromatic carbocycles. The summed E-state index contributed by atoms with van der Waals surface area (Å²) in [5.74, 6) is 0.592. The molecule has 1 unspecified atom stereocenters. The SMILES string of the molecule is COCCOCCC(CNC(C)(C)C)Cc1ccccc1. The van der Waals surface area contributed by atoms with Crippen molar-refractivity contribution in [3.63, 3.8) is 0 Å². The molecule has 1 rings (SSSR count). The third kappa shape index (κ3) is 9.62. The van der Waals surface area contributed by atoms with E-state index in [0.717, 1.165) is 26.0 Å². The molecule has 21 heavy (non-hydrogen) atoms. The van der Waals surface area contributed by atoms with Gasteiger partial charge in [-0.25, -0.2) is 0 Å². The molecule has 0 radical (unpaired) electrons. The number of methoxy groups -OCH3 is 1. The highest BCUT2D eigenvalue weighted by molar-refractivity contribution is 5.15. The Balaban J connectivity index is 2.41. The van der Waals surface area contributed by atoms with Crippen LogP contribution in [0, 0.1) is 5.92 Å². The van der Waals surface area contributed by atoms with Gasteiger partial charge in [0.05, 0.1) is 13.2 Å². The van der Waals surface area contributed by atoms with Gasteiger partial charge in [0.2, 0.25) is 0 Å². The summed E-state index contributed by atoms with van der Waals surface area (Å²) < 4.78 is 10.6. The lowest BCUT2D eigenvalue weighted by molar-refractivity contribution is 0.0632. The van der Waals surface area contributed by atoms with E-state index in [4.69, 9.17) is 9.47 Å². The molecule has 0 bridgehead atoms. The highest BCUT2D eigenvalue weighted by atomic mass is 16.5. The van der Waals surface area contributed by atoms with Gasteiger partial charge in [-0.2, -0.15) is 0 Å². The van der Waals surface area contributed by atoms with E-state index in [1.807, 2.05) is 0 Å². The molecule has 0 spiro atoms. The number of hydrogen-bond acceptors (Lipinski definition) is 3. The van der Waals surface area contributed by atoms with Crippen molar-refractivity contribution in [3.05, 3.63) is 35.9 Å². The first-order chi connectivity index (χ1) is 10.0. The van der Waals surface area contributed by atoms with Crippen LogP contribution >= 0.6 is 0 Å². The Morgan fingerprint density at radius 2 is 1.76 bits per heavy atom. The zero-order valence-electron chi connectivity index (χ0n) is 14.0. The van der Waals surface area contributed by atoms with Gasteiger partial charge in [-0.3, -0.25) is 0 Å². The van der Waals surface area contributed by atoms with Crippen LogP contribution in [0.1, 0.15) is 32.8 Å². The first kappa shape index (κ1) is 18.1. The Kier molecular flexibility index (Phi) is 8.58. The van der Waals surface area contributed by atoms with Gasteiger partial charge in [-0.05, 0) is 51.6 Å². The summed E-state index contributed by atoms with van der Waals surface area (Å²) in [6.45, 7) is 9.80. The van der Waals surface area contributed by atoms with Gasteiger partial charge in [0.1, 0.15) is 0 Å². The van der Waals surface area contributed by atoms with Crippen LogP contribution in [0.4, 0.5) is 0 Å². The molecule has 0 aliphatic heterocycles. The Morgan fingerprint density at radius 1 is 1.05 bits per heavy atom. The van der Waals surface area contributed by atoms with E-state index in [1.165, 1.54) is 5.56 Å². The smallest absolute Gasteiger partial charge is 0.0700 e. The molecule has 0 fully saturated rings. The minimum atomic E-state index is 0.159. The van der Waals surface area contributed by atoms with E-state index in [0.29, 0.717) is 19.1 Å². The van der Waals surface area contributed by atoms with Crippen LogP contribution in [-0.2, 0) is 15.9 Å². The van der Waals surface area contributed by atoms with Gasteiger partial charge in [0.15, 0.2) is 0 Å². The lowest BCUT2D eigenvalue weighted by Crippen LogP contribution is -2.39. The van der Waals surface area contributed by atoms with Gasteiger partial charge >= 0.3 is 0 Å². The summed E-state index contributed by atoms with van der Waals surface area (Å²) in [5, 5.41) is 3.61. The zero-order valence-corrected chi connectivity index (χ0v) is 14.0. The molecule has 1 N–H and O–H groups in total. The second-order valence-corrected chi connectivity index (χ2v) is 6.58. The lowest BCUT2D eigenvalue weighted by Gasteiger charge is -2.25. The minimum absolute atomic E-state index is 0.159. The average molecular weight is 293 g/mol. The first-order valence-electron chi connectivity index (χ1n) is 7.87. The molecule has 0 aromatic heterocycles. The summed E-state index contributed by atoms with van der Waals surface area (Å²) in [4.78, 5) is 0. The topological polar surface area (TPSA) is 30.5 Å². The van der Waals surface area contributed by atoms with Crippen LogP contribution in [0.5, 0.6) is 0 Å². The van der Waals surface area contributed by atoms with Crippen molar-refractivity contribution in [2.24, 2.45) is 5.92 Å². The Labute approximate surface area is 130 Å².